The fraction of sp³-hybridized carbons (Fsp3) is 0.889. The van der Waals surface area contributed by atoms with Gasteiger partial charge in [-0.25, -0.2) is 4.79 Å². The van der Waals surface area contributed by atoms with Crippen LogP contribution < -0.4 is 5.48 Å². The van der Waals surface area contributed by atoms with Crippen molar-refractivity contribution >= 4 is 6.09 Å². The number of hydrogen-bond acceptors (Lipinski definition) is 3. The van der Waals surface area contributed by atoms with Crippen LogP contribution in [0.5, 0.6) is 0 Å². The summed E-state index contributed by atoms with van der Waals surface area (Å²) in [4.78, 5) is 16.1. The first kappa shape index (κ1) is 12.2. The van der Waals surface area contributed by atoms with Gasteiger partial charge in [0.05, 0.1) is 5.60 Å². The molecule has 0 bridgehead atoms. The lowest BCUT2D eigenvalue weighted by Crippen LogP contribution is -2.37. The van der Waals surface area contributed by atoms with Crippen molar-refractivity contribution in [2.45, 2.75) is 52.7 Å². The van der Waals surface area contributed by atoms with E-state index in [4.69, 9.17) is 9.57 Å². The minimum Gasteiger partial charge on any atom is -0.442 e. The van der Waals surface area contributed by atoms with Crippen molar-refractivity contribution in [2.75, 3.05) is 0 Å². The average molecular weight is 189 g/mol. The van der Waals surface area contributed by atoms with Crippen molar-refractivity contribution in [1.82, 2.24) is 5.48 Å². The molecular weight excluding hydrogens is 170 g/mol. The lowest BCUT2D eigenvalue weighted by atomic mass is 10.2. The Morgan fingerprint density at radius 2 is 1.46 bits per heavy atom. The SMILES string of the molecule is CC(C)(C)ONC(=O)OC(C)(C)C. The summed E-state index contributed by atoms with van der Waals surface area (Å²) in [6.45, 7) is 10.9. The van der Waals surface area contributed by atoms with Crippen LogP contribution in [0.4, 0.5) is 4.79 Å². The minimum atomic E-state index is -0.567. The van der Waals surface area contributed by atoms with E-state index < -0.39 is 17.3 Å². The molecule has 0 aliphatic heterocycles. The number of hydrogen-bond donors (Lipinski definition) is 1. The summed E-state index contributed by atoms with van der Waals surface area (Å²) in [6, 6.07) is 0. The highest BCUT2D eigenvalue weighted by atomic mass is 16.7. The molecule has 0 radical (unpaired) electrons. The molecule has 78 valence electrons. The van der Waals surface area contributed by atoms with Crippen molar-refractivity contribution in [3.05, 3.63) is 0 Å². The minimum absolute atomic E-state index is 0.406. The number of carbonyl (C=O) groups excluding carboxylic acids is 1. The van der Waals surface area contributed by atoms with Gasteiger partial charge >= 0.3 is 6.09 Å². The Bertz CT molecular complexity index is 176. The smallest absolute Gasteiger partial charge is 0.431 e. The zero-order valence-corrected chi connectivity index (χ0v) is 9.22. The van der Waals surface area contributed by atoms with Gasteiger partial charge in [0.2, 0.25) is 0 Å². The molecule has 1 amide bonds. The van der Waals surface area contributed by atoms with Crippen LogP contribution in [0.15, 0.2) is 0 Å². The van der Waals surface area contributed by atoms with Crippen molar-refractivity contribution in [2.24, 2.45) is 0 Å². The summed E-state index contributed by atoms with van der Waals surface area (Å²) in [6.07, 6.45) is -0.567. The van der Waals surface area contributed by atoms with Gasteiger partial charge in [-0.05, 0) is 41.5 Å². The van der Waals surface area contributed by atoms with Gasteiger partial charge in [0.25, 0.3) is 0 Å². The maximum Gasteiger partial charge on any atom is 0.431 e. The molecule has 13 heavy (non-hydrogen) atoms. The van der Waals surface area contributed by atoms with Gasteiger partial charge in [-0.2, -0.15) is 5.48 Å². The van der Waals surface area contributed by atoms with E-state index in [9.17, 15) is 4.79 Å². The van der Waals surface area contributed by atoms with Gasteiger partial charge in [-0.1, -0.05) is 0 Å². The third-order valence-corrected chi connectivity index (χ3v) is 0.839. The Morgan fingerprint density at radius 1 is 1.00 bits per heavy atom. The van der Waals surface area contributed by atoms with Crippen LogP contribution in [-0.2, 0) is 9.57 Å². The predicted molar refractivity (Wildman–Crippen MR) is 50.2 cm³/mol. The van der Waals surface area contributed by atoms with E-state index in [-0.39, 0.29) is 0 Å². The molecule has 1 N–H and O–H groups in total. The Morgan fingerprint density at radius 3 is 1.77 bits per heavy atom. The molecule has 0 fully saturated rings. The molecule has 0 atom stereocenters. The maximum absolute atomic E-state index is 11.0. The van der Waals surface area contributed by atoms with E-state index in [1.807, 2.05) is 20.8 Å². The van der Waals surface area contributed by atoms with E-state index in [1.165, 1.54) is 0 Å². The maximum atomic E-state index is 11.0. The topological polar surface area (TPSA) is 47.6 Å². The van der Waals surface area contributed by atoms with Gasteiger partial charge in [0.1, 0.15) is 5.60 Å². The second-order valence-corrected chi connectivity index (χ2v) is 4.82. The number of rotatable bonds is 1. The van der Waals surface area contributed by atoms with Gasteiger partial charge in [-0.15, -0.1) is 0 Å². The quantitative estimate of drug-likeness (QED) is 0.643. The molecule has 0 rings (SSSR count). The lowest BCUT2D eigenvalue weighted by Gasteiger charge is -2.23. The molecule has 0 saturated carbocycles. The zero-order valence-electron chi connectivity index (χ0n) is 9.22. The van der Waals surface area contributed by atoms with E-state index in [2.05, 4.69) is 5.48 Å². The zero-order chi connectivity index (χ0) is 10.7. The molecule has 4 heteroatoms. The van der Waals surface area contributed by atoms with Crippen LogP contribution in [0.3, 0.4) is 0 Å². The molecule has 0 unspecified atom stereocenters. The normalized spacial score (nSPS) is 12.5. The van der Waals surface area contributed by atoms with Crippen LogP contribution >= 0.6 is 0 Å². The molecule has 0 aromatic rings. The van der Waals surface area contributed by atoms with Crippen LogP contribution in [0.25, 0.3) is 0 Å². The molecule has 0 heterocycles. The average Bonchev–Trinajstić information content (AvgIpc) is 1.78. The first-order valence-corrected chi connectivity index (χ1v) is 4.27. The Hall–Kier alpha value is -0.770. The molecule has 0 aromatic heterocycles. The number of nitrogens with one attached hydrogen (secondary N) is 1. The number of hydroxylamine groups is 1. The van der Waals surface area contributed by atoms with Gasteiger partial charge < -0.3 is 4.74 Å². The van der Waals surface area contributed by atoms with Crippen LogP contribution in [0, 0.1) is 0 Å². The third kappa shape index (κ3) is 9.14. The largest absolute Gasteiger partial charge is 0.442 e. The third-order valence-electron chi connectivity index (χ3n) is 0.839. The summed E-state index contributed by atoms with van der Waals surface area (Å²) in [5, 5.41) is 0. The first-order valence-electron chi connectivity index (χ1n) is 4.27. The summed E-state index contributed by atoms with van der Waals surface area (Å²) < 4.78 is 4.96. The van der Waals surface area contributed by atoms with Crippen molar-refractivity contribution in [3.63, 3.8) is 0 Å². The highest BCUT2D eigenvalue weighted by Crippen LogP contribution is 2.08. The van der Waals surface area contributed by atoms with E-state index >= 15 is 0 Å². The summed E-state index contributed by atoms with van der Waals surface area (Å²) in [5.41, 5.74) is 1.32. The highest BCUT2D eigenvalue weighted by molar-refractivity contribution is 5.66. The molecule has 0 aliphatic carbocycles. The van der Waals surface area contributed by atoms with E-state index in [1.54, 1.807) is 20.8 Å². The summed E-state index contributed by atoms with van der Waals surface area (Å²) in [5.74, 6) is 0. The predicted octanol–water partition coefficient (Wildman–Crippen LogP) is 2.24. The standard InChI is InChI=1S/C9H19NO3/c1-8(2,3)12-7(11)10-13-9(4,5)6/h1-6H3,(H,10,11). The molecule has 0 spiro atoms. The molecule has 0 aromatic carbocycles. The first-order chi connectivity index (χ1) is 5.60. The second kappa shape index (κ2) is 3.96. The Kier molecular flexibility index (Phi) is 3.72. The van der Waals surface area contributed by atoms with Crippen molar-refractivity contribution in [1.29, 1.82) is 0 Å². The number of amides is 1. The van der Waals surface area contributed by atoms with Crippen molar-refractivity contribution < 1.29 is 14.4 Å². The Balaban J connectivity index is 3.78. The molecular formula is C9H19NO3. The fourth-order valence-corrected chi connectivity index (χ4v) is 0.494. The van der Waals surface area contributed by atoms with E-state index in [0.717, 1.165) is 0 Å². The molecule has 4 nitrogen and oxygen atoms in total. The highest BCUT2D eigenvalue weighted by Gasteiger charge is 2.18. The van der Waals surface area contributed by atoms with E-state index in [0.29, 0.717) is 0 Å². The lowest BCUT2D eigenvalue weighted by molar-refractivity contribution is -0.0772. The monoisotopic (exact) mass is 189 g/mol. The summed E-state index contributed by atoms with van der Waals surface area (Å²) in [7, 11) is 0. The molecule has 0 aliphatic rings. The van der Waals surface area contributed by atoms with Crippen LogP contribution in [0.2, 0.25) is 0 Å². The van der Waals surface area contributed by atoms with Gasteiger partial charge in [-0.3, -0.25) is 4.84 Å². The van der Waals surface area contributed by atoms with Crippen molar-refractivity contribution in [3.8, 4) is 0 Å². The molecule has 0 saturated heterocycles. The van der Waals surface area contributed by atoms with Gasteiger partial charge in [0, 0.05) is 0 Å². The fourth-order valence-electron chi connectivity index (χ4n) is 0.494. The summed E-state index contributed by atoms with van der Waals surface area (Å²) >= 11 is 0. The number of ether oxygens (including phenoxy) is 1. The number of carbonyl (C=O) groups is 1. The Labute approximate surface area is 79.6 Å². The second-order valence-electron chi connectivity index (χ2n) is 4.82. The van der Waals surface area contributed by atoms with Crippen LogP contribution in [-0.4, -0.2) is 17.3 Å². The van der Waals surface area contributed by atoms with Gasteiger partial charge in [0.15, 0.2) is 0 Å². The van der Waals surface area contributed by atoms with Crippen LogP contribution in [0.1, 0.15) is 41.5 Å².